The highest BCUT2D eigenvalue weighted by atomic mass is 19.3. The molecule has 1 amide bonds. The molecule has 3 aromatic rings. The third-order valence-electron chi connectivity index (χ3n) is 6.84. The summed E-state index contributed by atoms with van der Waals surface area (Å²) in [5.41, 5.74) is -3.80. The topological polar surface area (TPSA) is 209 Å². The number of anilines is 1. The minimum Gasteiger partial charge on any atom is -0.490 e. The Balaban J connectivity index is 1.42. The molecule has 252 valence electrons. The van der Waals surface area contributed by atoms with Gasteiger partial charge in [-0.25, -0.2) is 22.6 Å². The lowest BCUT2D eigenvalue weighted by molar-refractivity contribution is -0.159. The second-order valence-corrected chi connectivity index (χ2v) is 12.1. The van der Waals surface area contributed by atoms with Crippen molar-refractivity contribution in [1.82, 2.24) is 30.2 Å². The van der Waals surface area contributed by atoms with Crippen LogP contribution in [0.1, 0.15) is 67.6 Å². The maximum absolute atomic E-state index is 15.2. The predicted molar refractivity (Wildman–Crippen MR) is 154 cm³/mol. The van der Waals surface area contributed by atoms with Gasteiger partial charge in [0.25, 0.3) is 5.92 Å². The number of carboxylic acid groups (broad SMARTS) is 2. The minimum absolute atomic E-state index is 0.168. The summed E-state index contributed by atoms with van der Waals surface area (Å²) >= 11 is 0. The number of aliphatic carboxylic acids is 2. The van der Waals surface area contributed by atoms with E-state index < -0.39 is 84.5 Å². The first-order valence-corrected chi connectivity index (χ1v) is 14.3. The smallest absolute Gasteiger partial charge is 0.361 e. The van der Waals surface area contributed by atoms with E-state index in [2.05, 4.69) is 30.8 Å². The first-order chi connectivity index (χ1) is 21.8. The van der Waals surface area contributed by atoms with Gasteiger partial charge in [-0.1, -0.05) is 5.21 Å². The molecule has 3 aromatic heterocycles. The zero-order chi connectivity index (χ0) is 34.7. The highest BCUT2D eigenvalue weighted by molar-refractivity contribution is 6.04. The van der Waals surface area contributed by atoms with E-state index in [4.69, 9.17) is 9.47 Å². The number of nitrogens with one attached hydrogen (secondary N) is 1. The summed E-state index contributed by atoms with van der Waals surface area (Å²) in [5.74, 6) is -7.93. The number of alkyl halides is 3. The van der Waals surface area contributed by atoms with E-state index in [1.807, 2.05) is 0 Å². The van der Waals surface area contributed by atoms with Crippen LogP contribution in [0.4, 0.5) is 19.0 Å². The first-order valence-electron chi connectivity index (χ1n) is 14.3. The van der Waals surface area contributed by atoms with Crippen molar-refractivity contribution in [3.63, 3.8) is 0 Å². The molecule has 1 aliphatic carbocycles. The van der Waals surface area contributed by atoms with E-state index in [-0.39, 0.29) is 29.4 Å². The molecule has 47 heavy (non-hydrogen) atoms. The Hall–Kier alpha value is -5.16. The normalized spacial score (nSPS) is 15.3. The minimum atomic E-state index is -2.88. The van der Waals surface area contributed by atoms with E-state index in [1.165, 1.54) is 6.07 Å². The largest absolute Gasteiger partial charge is 0.490 e. The van der Waals surface area contributed by atoms with E-state index in [9.17, 15) is 38.2 Å². The van der Waals surface area contributed by atoms with E-state index in [0.29, 0.717) is 5.69 Å². The molecule has 0 bridgehead atoms. The van der Waals surface area contributed by atoms with Gasteiger partial charge >= 0.3 is 17.9 Å². The van der Waals surface area contributed by atoms with Crippen molar-refractivity contribution in [2.45, 2.75) is 89.1 Å². The number of carbonyl (C=O) groups is 4. The highest BCUT2D eigenvalue weighted by Gasteiger charge is 2.52. The van der Waals surface area contributed by atoms with Gasteiger partial charge in [-0.15, -0.1) is 10.2 Å². The lowest BCUT2D eigenvalue weighted by Gasteiger charge is -2.34. The Morgan fingerprint density at radius 1 is 1.09 bits per heavy atom. The highest BCUT2D eigenvalue weighted by Crippen LogP contribution is 2.40. The van der Waals surface area contributed by atoms with Gasteiger partial charge in [0.1, 0.15) is 23.6 Å². The number of hydrogen-bond donors (Lipinski definition) is 3. The maximum Gasteiger partial charge on any atom is 0.361 e. The zero-order valence-corrected chi connectivity index (χ0v) is 25.7. The van der Waals surface area contributed by atoms with Gasteiger partial charge < -0.3 is 25.0 Å². The summed E-state index contributed by atoms with van der Waals surface area (Å²) in [6.45, 7) is 5.89. The molecule has 0 spiro atoms. The number of aryl methyl sites for hydroxylation is 1. The molecule has 3 N–H and O–H groups in total. The second-order valence-electron chi connectivity index (χ2n) is 12.1. The molecule has 15 nitrogen and oxygen atoms in total. The molecule has 4 rings (SSSR count). The lowest BCUT2D eigenvalue weighted by atomic mass is 9.79. The summed E-state index contributed by atoms with van der Waals surface area (Å²) < 4.78 is 53.2. The van der Waals surface area contributed by atoms with Gasteiger partial charge in [0.2, 0.25) is 11.3 Å². The molecule has 1 unspecified atom stereocenters. The Bertz CT molecular complexity index is 1640. The molecule has 18 heteroatoms. The Kier molecular flexibility index (Phi) is 9.81. The summed E-state index contributed by atoms with van der Waals surface area (Å²) in [4.78, 5) is 53.6. The van der Waals surface area contributed by atoms with Gasteiger partial charge in [0.05, 0.1) is 30.6 Å². The fourth-order valence-electron chi connectivity index (χ4n) is 4.72. The van der Waals surface area contributed by atoms with Crippen molar-refractivity contribution < 1.29 is 52.0 Å². The van der Waals surface area contributed by atoms with Crippen LogP contribution in [0, 0.1) is 6.92 Å². The number of nitrogens with zero attached hydrogens (tertiary/aromatic N) is 6. The number of pyridine rings is 1. The fraction of sp³-hybridized carbons (Fsp3) is 0.483. The van der Waals surface area contributed by atoms with Crippen molar-refractivity contribution >= 4 is 29.6 Å². The number of hydrogen-bond acceptors (Lipinski definition) is 11. The molecule has 1 aliphatic rings. The monoisotopic (exact) mass is 663 g/mol. The van der Waals surface area contributed by atoms with Gasteiger partial charge in [-0.05, 0) is 39.8 Å². The van der Waals surface area contributed by atoms with Gasteiger partial charge in [-0.2, -0.15) is 5.10 Å². The van der Waals surface area contributed by atoms with Crippen LogP contribution in [0.15, 0.2) is 30.5 Å². The number of ether oxygens (including phenoxy) is 2. The van der Waals surface area contributed by atoms with Crippen LogP contribution in [0.2, 0.25) is 0 Å². The number of halogens is 3. The van der Waals surface area contributed by atoms with Crippen LogP contribution in [-0.2, 0) is 37.5 Å². The van der Waals surface area contributed by atoms with Crippen LogP contribution in [0.5, 0.6) is 5.75 Å². The average molecular weight is 664 g/mol. The SMILES string of the molecule is Cc1cc(OC2CC(F)(F)C2)cc(CC(=O)Nc2ccc(C(CC(F)Cn3cc(C(=O)OC(C)(C)C)nn3)(C(=O)O)C(=O)O)nn2)n1. The van der Waals surface area contributed by atoms with Crippen LogP contribution in [0.3, 0.4) is 0 Å². The van der Waals surface area contributed by atoms with Crippen LogP contribution in [0.25, 0.3) is 0 Å². The molecule has 1 saturated carbocycles. The van der Waals surface area contributed by atoms with Gasteiger partial charge in [0.15, 0.2) is 11.5 Å². The molecular weight excluding hydrogens is 631 g/mol. The number of esters is 1. The first kappa shape index (κ1) is 34.7. The van der Waals surface area contributed by atoms with Crippen LogP contribution < -0.4 is 10.1 Å². The third-order valence-corrected chi connectivity index (χ3v) is 6.84. The molecule has 0 aromatic carbocycles. The van der Waals surface area contributed by atoms with Crippen molar-refractivity contribution in [3.05, 3.63) is 53.2 Å². The fourth-order valence-corrected chi connectivity index (χ4v) is 4.72. The molecule has 3 heterocycles. The number of rotatable bonds is 13. The number of aromatic nitrogens is 6. The maximum atomic E-state index is 15.2. The molecule has 0 aliphatic heterocycles. The number of carboxylic acids is 2. The summed E-state index contributed by atoms with van der Waals surface area (Å²) in [6, 6.07) is 5.08. The summed E-state index contributed by atoms with van der Waals surface area (Å²) in [6.07, 6.45) is -3.88. The Morgan fingerprint density at radius 2 is 1.77 bits per heavy atom. The molecule has 1 fully saturated rings. The third kappa shape index (κ3) is 8.76. The average Bonchev–Trinajstić information content (AvgIpc) is 3.38. The Morgan fingerprint density at radius 3 is 2.34 bits per heavy atom. The second kappa shape index (κ2) is 13.3. The quantitative estimate of drug-likeness (QED) is 0.178. The standard InChI is InChI=1S/C29H32F3N7O8/c1-15-7-18(46-19-11-28(31,32)12-19)8-17(33-15)9-23(40)34-22-6-5-21(36-37-22)29(25(42)43,26(44)45)10-16(30)13-39-14-20(35-38-39)24(41)47-27(2,3)4/h5-8,14,16,19H,9-13H2,1-4H3,(H,42,43)(H,44,45)(H,34,37,40). The van der Waals surface area contributed by atoms with Gasteiger partial charge in [0, 0.05) is 37.1 Å². The molecule has 1 atom stereocenters. The zero-order valence-electron chi connectivity index (χ0n) is 25.7. The van der Waals surface area contributed by atoms with Gasteiger partial charge in [-0.3, -0.25) is 19.4 Å². The van der Waals surface area contributed by atoms with Crippen molar-refractivity contribution in [1.29, 1.82) is 0 Å². The van der Waals surface area contributed by atoms with E-state index >= 15 is 4.39 Å². The molecule has 0 saturated heterocycles. The predicted octanol–water partition coefficient (Wildman–Crippen LogP) is 2.92. The van der Waals surface area contributed by atoms with E-state index in [0.717, 1.165) is 23.0 Å². The lowest BCUT2D eigenvalue weighted by Crippen LogP contribution is -2.47. The molecular formula is C29H32F3N7O8. The van der Waals surface area contributed by atoms with Crippen molar-refractivity contribution in [3.8, 4) is 5.75 Å². The summed E-state index contributed by atoms with van der Waals surface area (Å²) in [7, 11) is 0. The van der Waals surface area contributed by atoms with Crippen molar-refractivity contribution in [2.24, 2.45) is 0 Å². The van der Waals surface area contributed by atoms with Crippen LogP contribution >= 0.6 is 0 Å². The number of carbonyl (C=O) groups excluding carboxylic acids is 2. The van der Waals surface area contributed by atoms with Crippen molar-refractivity contribution in [2.75, 3.05) is 5.32 Å². The Labute approximate surface area is 265 Å². The summed E-state index contributed by atoms with van der Waals surface area (Å²) in [5, 5.41) is 36.9. The molecule has 0 radical (unpaired) electrons. The van der Waals surface area contributed by atoms with E-state index in [1.54, 1.807) is 33.8 Å². The number of amides is 1. The van der Waals surface area contributed by atoms with Crippen LogP contribution in [-0.4, -0.2) is 88.0 Å².